The predicted molar refractivity (Wildman–Crippen MR) is 272 cm³/mol. The third-order valence-electron chi connectivity index (χ3n) is 13.0. The van der Waals surface area contributed by atoms with Crippen molar-refractivity contribution in [2.45, 2.75) is 6.92 Å². The number of hydrogen-bond donors (Lipinski definition) is 0. The van der Waals surface area contributed by atoms with Crippen LogP contribution in [0.3, 0.4) is 0 Å². The zero-order valence-corrected chi connectivity index (χ0v) is 35.8. The van der Waals surface area contributed by atoms with Gasteiger partial charge in [-0.3, -0.25) is 0 Å². The van der Waals surface area contributed by atoms with Crippen molar-refractivity contribution in [2.75, 3.05) is 0 Å². The van der Waals surface area contributed by atoms with Gasteiger partial charge in [0.1, 0.15) is 0 Å². The van der Waals surface area contributed by atoms with Gasteiger partial charge in [-0.25, -0.2) is 0 Å². The first-order chi connectivity index (χ1) is 32.1. The van der Waals surface area contributed by atoms with Crippen LogP contribution < -0.4 is 0 Å². The second kappa shape index (κ2) is 15.6. The van der Waals surface area contributed by atoms with E-state index in [0.29, 0.717) is 5.56 Å². The maximum Gasteiger partial charge on any atom is 0.0991 e. The third kappa shape index (κ3) is 6.51. The molecular weight excluding hydrogens is 787 g/mol. The average Bonchev–Trinajstić information content (AvgIpc) is 3.88. The quantitative estimate of drug-likeness (QED) is 0.158. The van der Waals surface area contributed by atoms with Crippen LogP contribution in [0.2, 0.25) is 0 Å². The van der Waals surface area contributed by atoms with E-state index < -0.39 is 0 Å². The Labute approximate surface area is 378 Å². The summed E-state index contributed by atoms with van der Waals surface area (Å²) in [5.41, 5.74) is 19.7. The second-order valence-electron chi connectivity index (χ2n) is 16.9. The number of aryl methyl sites for hydroxylation is 1. The Morgan fingerprint density at radius 3 is 1.05 bits per heavy atom. The van der Waals surface area contributed by atoms with Crippen LogP contribution in [0.5, 0.6) is 0 Å². The molecule has 0 N–H and O–H groups in total. The maximum absolute atomic E-state index is 10.5. The minimum Gasteiger partial charge on any atom is -0.309 e. The van der Waals surface area contributed by atoms with Gasteiger partial charge in [0.25, 0.3) is 0 Å². The van der Waals surface area contributed by atoms with E-state index >= 15 is 0 Å². The molecule has 0 bridgehead atoms. The number of hydrogen-bond acceptors (Lipinski definition) is 1. The molecule has 12 aromatic rings. The maximum atomic E-state index is 10.5. The van der Waals surface area contributed by atoms with Crippen molar-refractivity contribution in [1.29, 1.82) is 5.26 Å². The van der Waals surface area contributed by atoms with Gasteiger partial charge in [0.2, 0.25) is 0 Å². The van der Waals surface area contributed by atoms with Crippen LogP contribution in [-0.2, 0) is 0 Å². The van der Waals surface area contributed by atoms with Gasteiger partial charge >= 0.3 is 0 Å². The van der Waals surface area contributed by atoms with E-state index in [4.69, 9.17) is 0 Å². The normalized spacial score (nSPS) is 11.4. The van der Waals surface area contributed by atoms with E-state index in [1.165, 1.54) is 66.1 Å². The van der Waals surface area contributed by atoms with Gasteiger partial charge in [0, 0.05) is 32.7 Å². The summed E-state index contributed by atoms with van der Waals surface area (Å²) in [6, 6.07) is 85.3. The first kappa shape index (κ1) is 38.0. The first-order valence-corrected chi connectivity index (χ1v) is 22.1. The largest absolute Gasteiger partial charge is 0.309 e. The predicted octanol–water partition coefficient (Wildman–Crippen LogP) is 16.4. The Bertz CT molecular complexity index is 3620. The molecule has 0 spiro atoms. The molecule has 0 aliphatic rings. The highest BCUT2D eigenvalue weighted by Gasteiger charge is 2.22. The number of rotatable bonds is 7. The Hall–Kier alpha value is -8.71. The molecule has 304 valence electrons. The zero-order valence-electron chi connectivity index (χ0n) is 35.8. The molecule has 0 aliphatic carbocycles. The Kier molecular flexibility index (Phi) is 9.11. The third-order valence-corrected chi connectivity index (χ3v) is 13.0. The van der Waals surface area contributed by atoms with E-state index in [0.717, 1.165) is 50.1 Å². The molecule has 2 heterocycles. The van der Waals surface area contributed by atoms with E-state index in [2.05, 4.69) is 247 Å². The molecule has 0 fully saturated rings. The molecule has 2 aromatic heterocycles. The van der Waals surface area contributed by atoms with Crippen molar-refractivity contribution in [1.82, 2.24) is 9.13 Å². The van der Waals surface area contributed by atoms with E-state index in [-0.39, 0.29) is 0 Å². The van der Waals surface area contributed by atoms with Gasteiger partial charge in [-0.1, -0.05) is 158 Å². The lowest BCUT2D eigenvalue weighted by Crippen LogP contribution is -2.02. The van der Waals surface area contributed by atoms with E-state index in [1.807, 2.05) is 6.07 Å². The van der Waals surface area contributed by atoms with Crippen LogP contribution in [0.1, 0.15) is 11.1 Å². The number of nitriles is 1. The molecule has 0 amide bonds. The van der Waals surface area contributed by atoms with Crippen molar-refractivity contribution >= 4 is 43.6 Å². The lowest BCUT2D eigenvalue weighted by molar-refractivity contribution is 1.15. The highest BCUT2D eigenvalue weighted by molar-refractivity contribution is 6.14. The smallest absolute Gasteiger partial charge is 0.0991 e. The standard InChI is InChI=1S/C62H41N3/c1-41-22-28-51(62(34-41)65-60-32-26-49(45-18-10-4-11-19-45)38-55(60)56-39-50(27-33-61(56)65)46-20-12-5-13-21-46)52-35-42(40-63)23-29-57(52)64-58-30-24-47(43-14-6-2-7-15-43)36-53(58)54-37-48(25-31-59(54)64)44-16-8-3-9-17-44/h2-39H,1H3. The number of benzene rings is 10. The van der Waals surface area contributed by atoms with Crippen LogP contribution in [-0.4, -0.2) is 9.13 Å². The van der Waals surface area contributed by atoms with Gasteiger partial charge in [0.15, 0.2) is 0 Å². The Morgan fingerprint density at radius 1 is 0.308 bits per heavy atom. The lowest BCUT2D eigenvalue weighted by atomic mass is 9.97. The van der Waals surface area contributed by atoms with Crippen LogP contribution in [0.4, 0.5) is 0 Å². The summed E-state index contributed by atoms with van der Waals surface area (Å²) >= 11 is 0. The molecule has 3 heteroatoms. The lowest BCUT2D eigenvalue weighted by Gasteiger charge is -2.19. The Balaban J connectivity index is 1.13. The van der Waals surface area contributed by atoms with Gasteiger partial charge in [-0.05, 0) is 130 Å². The number of aromatic nitrogens is 2. The van der Waals surface area contributed by atoms with Crippen molar-refractivity contribution < 1.29 is 0 Å². The summed E-state index contributed by atoms with van der Waals surface area (Å²) in [6.07, 6.45) is 0. The molecule has 0 saturated carbocycles. The van der Waals surface area contributed by atoms with Crippen molar-refractivity contribution in [3.63, 3.8) is 0 Å². The first-order valence-electron chi connectivity index (χ1n) is 22.1. The fourth-order valence-corrected chi connectivity index (χ4v) is 9.88. The van der Waals surface area contributed by atoms with E-state index in [1.54, 1.807) is 0 Å². The minimum absolute atomic E-state index is 0.607. The zero-order chi connectivity index (χ0) is 43.4. The van der Waals surface area contributed by atoms with Crippen molar-refractivity contribution in [3.8, 4) is 73.1 Å². The van der Waals surface area contributed by atoms with Gasteiger partial charge < -0.3 is 9.13 Å². The minimum atomic E-state index is 0.607. The number of fused-ring (bicyclic) bond motifs is 6. The average molecular weight is 828 g/mol. The van der Waals surface area contributed by atoms with Crippen molar-refractivity contribution in [3.05, 3.63) is 242 Å². The molecule has 3 nitrogen and oxygen atoms in total. The fourth-order valence-electron chi connectivity index (χ4n) is 9.88. The molecule has 10 aromatic carbocycles. The molecule has 65 heavy (non-hydrogen) atoms. The van der Waals surface area contributed by atoms with E-state index in [9.17, 15) is 5.26 Å². The highest BCUT2D eigenvalue weighted by atomic mass is 15.0. The Morgan fingerprint density at radius 2 is 0.677 bits per heavy atom. The summed E-state index contributed by atoms with van der Waals surface area (Å²) in [4.78, 5) is 0. The van der Waals surface area contributed by atoms with Crippen LogP contribution in [0.15, 0.2) is 231 Å². The SMILES string of the molecule is Cc1ccc(-c2cc(C#N)ccc2-n2c3ccc(-c4ccccc4)cc3c3cc(-c4ccccc4)ccc32)c(-n2c3ccc(-c4ccccc4)cc3c3cc(-c4ccccc4)ccc32)c1. The molecular formula is C62H41N3. The molecule has 12 rings (SSSR count). The molecule has 0 radical (unpaired) electrons. The molecule has 0 aliphatic heterocycles. The van der Waals surface area contributed by atoms with Crippen LogP contribution in [0, 0.1) is 18.3 Å². The molecule has 0 atom stereocenters. The highest BCUT2D eigenvalue weighted by Crippen LogP contribution is 2.44. The monoisotopic (exact) mass is 827 g/mol. The number of nitrogens with zero attached hydrogens (tertiary/aromatic N) is 3. The van der Waals surface area contributed by atoms with Crippen LogP contribution in [0.25, 0.3) is 111 Å². The van der Waals surface area contributed by atoms with Crippen molar-refractivity contribution in [2.24, 2.45) is 0 Å². The molecule has 0 unspecified atom stereocenters. The summed E-state index contributed by atoms with van der Waals surface area (Å²) < 4.78 is 4.84. The summed E-state index contributed by atoms with van der Waals surface area (Å²) in [5, 5.41) is 15.2. The van der Waals surface area contributed by atoms with Gasteiger partial charge in [-0.2, -0.15) is 5.26 Å². The fraction of sp³-hybridized carbons (Fsp3) is 0.0161. The second-order valence-corrected chi connectivity index (χ2v) is 16.9. The summed E-state index contributed by atoms with van der Waals surface area (Å²) in [7, 11) is 0. The molecule has 0 saturated heterocycles. The van der Waals surface area contributed by atoms with Gasteiger partial charge in [0.05, 0.1) is 45.1 Å². The van der Waals surface area contributed by atoms with Gasteiger partial charge in [-0.15, -0.1) is 0 Å². The van der Waals surface area contributed by atoms with Crippen LogP contribution >= 0.6 is 0 Å². The topological polar surface area (TPSA) is 33.6 Å². The summed E-state index contributed by atoms with van der Waals surface area (Å²) in [5.74, 6) is 0. The summed E-state index contributed by atoms with van der Waals surface area (Å²) in [6.45, 7) is 2.16.